The fraction of sp³-hybridized carbons (Fsp3) is 0.404. The number of Topliss-reactive ketones (excluding diaryl/α,β-unsaturated/α-hetero) is 2. The van der Waals surface area contributed by atoms with Crippen molar-refractivity contribution in [3.63, 3.8) is 0 Å². The van der Waals surface area contributed by atoms with Crippen molar-refractivity contribution in [1.82, 2.24) is 15.1 Å². The molecule has 2 fully saturated rings. The minimum absolute atomic E-state index is 0.0199. The summed E-state index contributed by atoms with van der Waals surface area (Å²) in [6.07, 6.45) is 4.21. The van der Waals surface area contributed by atoms with Crippen molar-refractivity contribution >= 4 is 23.4 Å². The van der Waals surface area contributed by atoms with E-state index in [-0.39, 0.29) is 41.8 Å². The van der Waals surface area contributed by atoms with Crippen LogP contribution in [0.3, 0.4) is 0 Å². The van der Waals surface area contributed by atoms with E-state index in [2.05, 4.69) is 82.7 Å². The van der Waals surface area contributed by atoms with Gasteiger partial charge in [0.15, 0.2) is 5.78 Å². The van der Waals surface area contributed by atoms with Crippen molar-refractivity contribution in [1.29, 1.82) is 0 Å². The quantitative estimate of drug-likeness (QED) is 0.163. The van der Waals surface area contributed by atoms with Crippen LogP contribution in [-0.2, 0) is 33.6 Å². The number of benzene rings is 4. The van der Waals surface area contributed by atoms with E-state index in [1.807, 2.05) is 30.3 Å². The summed E-state index contributed by atoms with van der Waals surface area (Å²) in [5, 5.41) is 12.6. The monoisotopic (exact) mass is 753 g/mol. The number of rotatable bonds is 12. The molecule has 290 valence electrons. The van der Waals surface area contributed by atoms with E-state index < -0.39 is 11.8 Å². The lowest BCUT2D eigenvalue weighted by Gasteiger charge is -2.37. The first-order valence-corrected chi connectivity index (χ1v) is 20.3. The summed E-state index contributed by atoms with van der Waals surface area (Å²) in [6.45, 7) is 6.63. The maximum Gasteiger partial charge on any atom is 0.230 e. The average molecular weight is 754 g/mol. The van der Waals surface area contributed by atoms with Crippen LogP contribution in [-0.4, -0.2) is 83.7 Å². The fourth-order valence-electron chi connectivity index (χ4n) is 9.51. The average Bonchev–Trinajstić information content (AvgIpc) is 3.54. The topological polar surface area (TPSA) is 116 Å². The molecule has 0 bridgehead atoms. The fourth-order valence-corrected chi connectivity index (χ4v) is 9.51. The number of ether oxygens (including phenoxy) is 1. The van der Waals surface area contributed by atoms with Crippen molar-refractivity contribution in [2.45, 2.75) is 69.7 Å². The summed E-state index contributed by atoms with van der Waals surface area (Å²) in [5.41, 5.74) is 7.72. The zero-order chi connectivity index (χ0) is 38.8. The second kappa shape index (κ2) is 16.5. The molecule has 2 N–H and O–H groups in total. The zero-order valence-corrected chi connectivity index (χ0v) is 32.1. The Morgan fingerprint density at radius 1 is 0.821 bits per heavy atom. The lowest BCUT2D eigenvalue weighted by molar-refractivity contribution is -0.137. The SMILES string of the molecule is C[C@H](COc1ccc([C@@H]2c3ccc(O)cc3CC[C@@H]2c2ccccc2)cc1)N1CCN(CC(=O)CCc2ccc3c(c2)CC(C2CCC(=O)NC2=O)C3=O)CC1. The molecule has 9 nitrogen and oxygen atoms in total. The van der Waals surface area contributed by atoms with Crippen LogP contribution in [0.4, 0.5) is 0 Å². The number of fused-ring (bicyclic) bond motifs is 2. The Balaban J connectivity index is 0.789. The van der Waals surface area contributed by atoms with Crippen molar-refractivity contribution in [3.8, 4) is 11.5 Å². The number of ketones is 2. The molecule has 0 radical (unpaired) electrons. The van der Waals surface area contributed by atoms with Gasteiger partial charge in [-0.15, -0.1) is 0 Å². The van der Waals surface area contributed by atoms with Gasteiger partial charge in [-0.25, -0.2) is 0 Å². The maximum absolute atomic E-state index is 13.1. The van der Waals surface area contributed by atoms with E-state index in [1.54, 1.807) is 0 Å². The normalized spacial score (nSPS) is 23.3. The molecule has 4 aromatic carbocycles. The van der Waals surface area contributed by atoms with Crippen LogP contribution in [0, 0.1) is 11.8 Å². The summed E-state index contributed by atoms with van der Waals surface area (Å²) in [6, 6.07) is 31.2. The number of hydrogen-bond donors (Lipinski definition) is 2. The summed E-state index contributed by atoms with van der Waals surface area (Å²) in [7, 11) is 0. The van der Waals surface area contributed by atoms with Gasteiger partial charge in [0, 0.05) is 68.4 Å². The van der Waals surface area contributed by atoms with Crippen molar-refractivity contribution in [2.24, 2.45) is 11.8 Å². The standard InChI is InChI=1S/C47H51N3O6/c1-30(29-56-38-14-9-33(10-15-38)45-39(32-5-3-2-4-6-32)17-11-34-26-36(51)13-18-40(34)45)50-23-21-49(22-24-50)28-37(52)12-7-31-8-16-41-35(25-31)27-43(46(41)54)42-19-20-44(53)48-47(42)55/h2-6,8-10,13-16,18,25-26,30,39,42-43,45,51H,7,11-12,17,19-24,27-29H2,1H3,(H,48,53,55)/t30-,39-,42?,43?,45+/m1/s1. The highest BCUT2D eigenvalue weighted by molar-refractivity contribution is 6.07. The molecule has 2 heterocycles. The summed E-state index contributed by atoms with van der Waals surface area (Å²) >= 11 is 0. The molecule has 2 aliphatic carbocycles. The van der Waals surface area contributed by atoms with Gasteiger partial charge in [0.05, 0.1) is 6.54 Å². The molecule has 0 spiro atoms. The van der Waals surface area contributed by atoms with E-state index in [0.717, 1.165) is 55.9 Å². The zero-order valence-electron chi connectivity index (χ0n) is 32.1. The second-order valence-electron chi connectivity index (χ2n) is 16.2. The van der Waals surface area contributed by atoms with Crippen LogP contribution < -0.4 is 10.1 Å². The van der Waals surface area contributed by atoms with Gasteiger partial charge >= 0.3 is 0 Å². The third kappa shape index (κ3) is 8.20. The number of phenolic OH excluding ortho intramolecular Hbond substituents is 1. The van der Waals surface area contributed by atoms with Gasteiger partial charge in [-0.3, -0.25) is 34.3 Å². The number of nitrogens with one attached hydrogen (secondary N) is 1. The summed E-state index contributed by atoms with van der Waals surface area (Å²) in [4.78, 5) is 54.8. The van der Waals surface area contributed by atoms with Crippen molar-refractivity contribution < 1.29 is 29.0 Å². The molecule has 2 saturated heterocycles. The van der Waals surface area contributed by atoms with Crippen LogP contribution in [0.25, 0.3) is 0 Å². The Hall–Kier alpha value is -5.12. The highest BCUT2D eigenvalue weighted by Gasteiger charge is 2.42. The summed E-state index contributed by atoms with van der Waals surface area (Å²) in [5.74, 6) is 0.413. The van der Waals surface area contributed by atoms with E-state index in [9.17, 15) is 24.3 Å². The van der Waals surface area contributed by atoms with Gasteiger partial charge in [0.2, 0.25) is 11.8 Å². The molecule has 9 heteroatoms. The van der Waals surface area contributed by atoms with Gasteiger partial charge in [-0.05, 0) is 103 Å². The molecule has 2 amide bonds. The Kier molecular flexibility index (Phi) is 11.2. The van der Waals surface area contributed by atoms with Gasteiger partial charge in [-0.2, -0.15) is 0 Å². The number of hydrogen-bond acceptors (Lipinski definition) is 8. The number of aromatic hydroxyl groups is 1. The lowest BCUT2D eigenvalue weighted by Crippen LogP contribution is -2.51. The molecule has 4 aromatic rings. The van der Waals surface area contributed by atoms with E-state index in [4.69, 9.17) is 4.74 Å². The molecule has 2 unspecified atom stereocenters. The van der Waals surface area contributed by atoms with Crippen LogP contribution >= 0.6 is 0 Å². The van der Waals surface area contributed by atoms with Gasteiger partial charge < -0.3 is 9.84 Å². The molecule has 56 heavy (non-hydrogen) atoms. The number of piperazine rings is 1. The predicted octanol–water partition coefficient (Wildman–Crippen LogP) is 6.25. The number of carbonyl (C=O) groups excluding carboxylic acids is 4. The minimum atomic E-state index is -0.468. The number of nitrogens with zero attached hydrogens (tertiary/aromatic N) is 2. The molecular formula is C47H51N3O6. The predicted molar refractivity (Wildman–Crippen MR) is 214 cm³/mol. The highest BCUT2D eigenvalue weighted by Crippen LogP contribution is 2.47. The van der Waals surface area contributed by atoms with E-state index in [1.165, 1.54) is 22.3 Å². The number of amides is 2. The van der Waals surface area contributed by atoms with Crippen molar-refractivity contribution in [2.75, 3.05) is 39.3 Å². The number of imide groups is 1. The second-order valence-corrected chi connectivity index (χ2v) is 16.2. The van der Waals surface area contributed by atoms with Gasteiger partial charge in [0.1, 0.15) is 23.9 Å². The molecular weight excluding hydrogens is 703 g/mol. The number of aryl methyl sites for hydroxylation is 2. The van der Waals surface area contributed by atoms with Crippen molar-refractivity contribution in [3.05, 3.63) is 130 Å². The van der Waals surface area contributed by atoms with Crippen LogP contribution in [0.2, 0.25) is 0 Å². The Labute approximate surface area is 329 Å². The Morgan fingerprint density at radius 3 is 2.36 bits per heavy atom. The first kappa shape index (κ1) is 37.8. The molecule has 5 atom stereocenters. The molecule has 0 saturated carbocycles. The van der Waals surface area contributed by atoms with Gasteiger partial charge in [-0.1, -0.05) is 66.7 Å². The summed E-state index contributed by atoms with van der Waals surface area (Å²) < 4.78 is 6.31. The smallest absolute Gasteiger partial charge is 0.230 e. The molecule has 0 aromatic heterocycles. The maximum atomic E-state index is 13.1. The third-order valence-corrected chi connectivity index (χ3v) is 12.6. The number of phenols is 1. The van der Waals surface area contributed by atoms with Crippen LogP contribution in [0.1, 0.15) is 88.2 Å². The third-order valence-electron chi connectivity index (χ3n) is 12.6. The lowest BCUT2D eigenvalue weighted by atomic mass is 9.69. The van der Waals surface area contributed by atoms with E-state index >= 15 is 0 Å². The van der Waals surface area contributed by atoms with Gasteiger partial charge in [0.25, 0.3) is 0 Å². The van der Waals surface area contributed by atoms with Crippen LogP contribution in [0.15, 0.2) is 91.0 Å². The van der Waals surface area contributed by atoms with Crippen LogP contribution in [0.5, 0.6) is 11.5 Å². The first-order valence-electron chi connectivity index (χ1n) is 20.3. The highest BCUT2D eigenvalue weighted by atomic mass is 16.5. The Morgan fingerprint density at radius 2 is 1.59 bits per heavy atom. The molecule has 4 aliphatic rings. The minimum Gasteiger partial charge on any atom is -0.508 e. The first-order chi connectivity index (χ1) is 27.2. The number of carbonyl (C=O) groups is 4. The number of piperidine rings is 1. The Bertz CT molecular complexity index is 2090. The molecule has 8 rings (SSSR count). The molecule has 2 aliphatic heterocycles. The largest absolute Gasteiger partial charge is 0.508 e. The van der Waals surface area contributed by atoms with E-state index in [0.29, 0.717) is 56.1 Å².